The van der Waals surface area contributed by atoms with Gasteiger partial charge in [0, 0.05) is 37.0 Å². The molecule has 2 amide bonds. The highest BCUT2D eigenvalue weighted by Gasteiger charge is 2.31. The number of carbonyl (C=O) groups excluding carboxylic acids is 2. The average Bonchev–Trinajstić information content (AvgIpc) is 3.29. The van der Waals surface area contributed by atoms with Crippen LogP contribution in [0.1, 0.15) is 81.0 Å². The molecule has 0 aromatic carbocycles. The molecule has 1 saturated carbocycles. The molecule has 0 unspecified atom stereocenters. The number of carbonyl (C=O) groups is 2. The summed E-state index contributed by atoms with van der Waals surface area (Å²) in [5, 5.41) is 6.93. The Bertz CT molecular complexity index is 594. The van der Waals surface area contributed by atoms with Crippen LogP contribution in [0.25, 0.3) is 0 Å². The number of likely N-dealkylation sites (tertiary alicyclic amines) is 1. The van der Waals surface area contributed by atoms with E-state index in [-0.39, 0.29) is 23.9 Å². The second-order valence-corrected chi connectivity index (χ2v) is 7.12. The molecule has 6 heteroatoms. The molecule has 2 heterocycles. The summed E-state index contributed by atoms with van der Waals surface area (Å²) >= 11 is 0. The van der Waals surface area contributed by atoms with Crippen molar-refractivity contribution in [1.82, 2.24) is 15.4 Å². The molecular weight excluding hydrogens is 306 g/mol. The number of aromatic nitrogens is 1. The van der Waals surface area contributed by atoms with Gasteiger partial charge < -0.3 is 14.7 Å². The molecule has 1 aliphatic carbocycles. The monoisotopic (exact) mass is 333 g/mol. The number of hydrogen-bond donors (Lipinski definition) is 1. The van der Waals surface area contributed by atoms with E-state index in [0.717, 1.165) is 44.3 Å². The van der Waals surface area contributed by atoms with Crippen molar-refractivity contribution < 1.29 is 14.1 Å². The molecule has 1 aromatic heterocycles. The molecule has 6 nitrogen and oxygen atoms in total. The quantitative estimate of drug-likeness (QED) is 0.868. The third-order valence-electron chi connectivity index (χ3n) is 5.02. The lowest BCUT2D eigenvalue weighted by molar-refractivity contribution is -0.134. The van der Waals surface area contributed by atoms with Gasteiger partial charge in [-0.1, -0.05) is 18.5 Å². The summed E-state index contributed by atoms with van der Waals surface area (Å²) in [7, 11) is 0. The third-order valence-corrected chi connectivity index (χ3v) is 5.02. The van der Waals surface area contributed by atoms with E-state index in [1.54, 1.807) is 6.07 Å². The van der Waals surface area contributed by atoms with Crippen LogP contribution in [-0.2, 0) is 4.79 Å². The highest BCUT2D eigenvalue weighted by atomic mass is 16.5. The minimum atomic E-state index is -0.173. The SMILES string of the molecule is CCCCC(=O)N1CC[C@@H](NC(=O)c2cc(C3CC3)on2)C[C@H]1C. The minimum absolute atomic E-state index is 0.0869. The zero-order valence-electron chi connectivity index (χ0n) is 14.6. The third kappa shape index (κ3) is 3.97. The smallest absolute Gasteiger partial charge is 0.273 e. The first-order chi connectivity index (χ1) is 11.6. The van der Waals surface area contributed by atoms with Crippen molar-refractivity contribution in [2.24, 2.45) is 0 Å². The molecule has 1 aliphatic heterocycles. The number of rotatable bonds is 6. The molecular formula is C18H27N3O3. The van der Waals surface area contributed by atoms with Crippen LogP contribution in [0.4, 0.5) is 0 Å². The molecule has 3 rings (SSSR count). The Labute approximate surface area is 142 Å². The van der Waals surface area contributed by atoms with Crippen LogP contribution < -0.4 is 5.32 Å². The number of nitrogens with one attached hydrogen (secondary N) is 1. The largest absolute Gasteiger partial charge is 0.360 e. The minimum Gasteiger partial charge on any atom is -0.360 e. The Morgan fingerprint density at radius 1 is 1.38 bits per heavy atom. The summed E-state index contributed by atoms with van der Waals surface area (Å²) in [5.41, 5.74) is 0.367. The fourth-order valence-electron chi connectivity index (χ4n) is 3.36. The molecule has 1 N–H and O–H groups in total. The predicted octanol–water partition coefficient (Wildman–Crippen LogP) is 2.85. The van der Waals surface area contributed by atoms with Crippen molar-refractivity contribution >= 4 is 11.8 Å². The number of amides is 2. The number of hydrogen-bond acceptors (Lipinski definition) is 4. The van der Waals surface area contributed by atoms with E-state index in [1.165, 1.54) is 0 Å². The Morgan fingerprint density at radius 2 is 2.17 bits per heavy atom. The standard InChI is InChI=1S/C18H27N3O3/c1-3-4-5-17(22)21-9-8-14(10-12(21)2)19-18(23)15-11-16(24-20-15)13-6-7-13/h11-14H,3-10H2,1-2H3,(H,19,23)/t12-,14-/m1/s1. The summed E-state index contributed by atoms with van der Waals surface area (Å²) in [6.07, 6.45) is 6.43. The highest BCUT2D eigenvalue weighted by Crippen LogP contribution is 2.40. The Morgan fingerprint density at radius 3 is 2.83 bits per heavy atom. The maximum Gasteiger partial charge on any atom is 0.273 e. The lowest BCUT2D eigenvalue weighted by Crippen LogP contribution is -2.50. The van der Waals surface area contributed by atoms with E-state index in [2.05, 4.69) is 24.3 Å². The molecule has 24 heavy (non-hydrogen) atoms. The number of unbranched alkanes of at least 4 members (excludes halogenated alkanes) is 1. The first-order valence-corrected chi connectivity index (χ1v) is 9.15. The number of piperidine rings is 1. The Hall–Kier alpha value is -1.85. The molecule has 132 valence electrons. The van der Waals surface area contributed by atoms with Crippen molar-refractivity contribution in [2.45, 2.75) is 76.8 Å². The van der Waals surface area contributed by atoms with Crippen LogP contribution in [0, 0.1) is 0 Å². The van der Waals surface area contributed by atoms with E-state index in [9.17, 15) is 9.59 Å². The number of nitrogens with zero attached hydrogens (tertiary/aromatic N) is 2. The van der Waals surface area contributed by atoms with Crippen molar-refractivity contribution in [3.8, 4) is 0 Å². The fourth-order valence-corrected chi connectivity index (χ4v) is 3.36. The zero-order chi connectivity index (χ0) is 17.1. The van der Waals surface area contributed by atoms with Gasteiger partial charge in [-0.05, 0) is 39.0 Å². The zero-order valence-corrected chi connectivity index (χ0v) is 14.6. The first-order valence-electron chi connectivity index (χ1n) is 9.15. The van der Waals surface area contributed by atoms with Crippen LogP contribution in [0.15, 0.2) is 10.6 Å². The van der Waals surface area contributed by atoms with Crippen LogP contribution in [0.2, 0.25) is 0 Å². The second-order valence-electron chi connectivity index (χ2n) is 7.12. The summed E-state index contributed by atoms with van der Waals surface area (Å²) in [5.74, 6) is 1.34. The van der Waals surface area contributed by atoms with Crippen molar-refractivity contribution in [2.75, 3.05) is 6.54 Å². The van der Waals surface area contributed by atoms with Gasteiger partial charge in [-0.3, -0.25) is 9.59 Å². The highest BCUT2D eigenvalue weighted by molar-refractivity contribution is 5.92. The van der Waals surface area contributed by atoms with E-state index >= 15 is 0 Å². The van der Waals surface area contributed by atoms with E-state index in [0.29, 0.717) is 24.6 Å². The van der Waals surface area contributed by atoms with Crippen molar-refractivity contribution in [3.63, 3.8) is 0 Å². The summed E-state index contributed by atoms with van der Waals surface area (Å²) in [6.45, 7) is 4.86. The van der Waals surface area contributed by atoms with Crippen LogP contribution in [-0.4, -0.2) is 40.5 Å². The van der Waals surface area contributed by atoms with Gasteiger partial charge in [0.25, 0.3) is 5.91 Å². The van der Waals surface area contributed by atoms with Crippen molar-refractivity contribution in [1.29, 1.82) is 0 Å². The summed E-state index contributed by atoms with van der Waals surface area (Å²) in [4.78, 5) is 26.5. The fraction of sp³-hybridized carbons (Fsp3) is 0.722. The van der Waals surface area contributed by atoms with Gasteiger partial charge in [0.05, 0.1) is 0 Å². The molecule has 2 aliphatic rings. The molecule has 0 radical (unpaired) electrons. The second kappa shape index (κ2) is 7.36. The van der Waals surface area contributed by atoms with E-state index in [4.69, 9.17) is 4.52 Å². The van der Waals surface area contributed by atoms with Gasteiger partial charge >= 0.3 is 0 Å². The van der Waals surface area contributed by atoms with Gasteiger partial charge in [-0.25, -0.2) is 0 Å². The van der Waals surface area contributed by atoms with E-state index in [1.807, 2.05) is 4.90 Å². The summed E-state index contributed by atoms with van der Waals surface area (Å²) in [6, 6.07) is 2.01. The normalized spacial score (nSPS) is 24.0. The van der Waals surface area contributed by atoms with Crippen molar-refractivity contribution in [3.05, 3.63) is 17.5 Å². The maximum atomic E-state index is 12.3. The molecule has 1 saturated heterocycles. The van der Waals surface area contributed by atoms with Gasteiger partial charge in [0.15, 0.2) is 5.69 Å². The predicted molar refractivity (Wildman–Crippen MR) is 89.7 cm³/mol. The average molecular weight is 333 g/mol. The lowest BCUT2D eigenvalue weighted by atomic mass is 9.97. The topological polar surface area (TPSA) is 75.4 Å². The van der Waals surface area contributed by atoms with Crippen LogP contribution in [0.5, 0.6) is 0 Å². The summed E-state index contributed by atoms with van der Waals surface area (Å²) < 4.78 is 5.24. The lowest BCUT2D eigenvalue weighted by Gasteiger charge is -2.38. The van der Waals surface area contributed by atoms with Crippen LogP contribution in [0.3, 0.4) is 0 Å². The van der Waals surface area contributed by atoms with Gasteiger partial charge in [0.2, 0.25) is 5.91 Å². The molecule has 1 aromatic rings. The van der Waals surface area contributed by atoms with Gasteiger partial charge in [0.1, 0.15) is 5.76 Å². The Balaban J connectivity index is 1.49. The first kappa shape index (κ1) is 17.0. The van der Waals surface area contributed by atoms with Gasteiger partial charge in [-0.2, -0.15) is 0 Å². The molecule has 0 spiro atoms. The molecule has 2 fully saturated rings. The van der Waals surface area contributed by atoms with Crippen LogP contribution >= 0.6 is 0 Å². The van der Waals surface area contributed by atoms with E-state index < -0.39 is 0 Å². The molecule has 0 bridgehead atoms. The maximum absolute atomic E-state index is 12.3. The Kier molecular flexibility index (Phi) is 5.21. The molecule has 2 atom stereocenters. The van der Waals surface area contributed by atoms with Gasteiger partial charge in [-0.15, -0.1) is 0 Å².